The normalized spacial score (nSPS) is 22.1. The van der Waals surface area contributed by atoms with E-state index in [9.17, 15) is 9.18 Å². The van der Waals surface area contributed by atoms with E-state index in [1.165, 1.54) is 6.07 Å². The molecule has 0 bridgehead atoms. The first kappa shape index (κ1) is 22.4. The van der Waals surface area contributed by atoms with Crippen LogP contribution in [0, 0.1) is 5.82 Å². The summed E-state index contributed by atoms with van der Waals surface area (Å²) in [6.07, 6.45) is 0.965. The van der Waals surface area contributed by atoms with Crippen molar-refractivity contribution in [2.75, 3.05) is 36.0 Å². The van der Waals surface area contributed by atoms with Gasteiger partial charge in [-0.05, 0) is 31.5 Å². The van der Waals surface area contributed by atoms with Gasteiger partial charge in [-0.25, -0.2) is 9.82 Å². The van der Waals surface area contributed by atoms with Crippen molar-refractivity contribution in [3.63, 3.8) is 0 Å². The molecular formula is C23H27ClFN5O2. The number of carbonyl (C=O) groups is 1. The highest BCUT2D eigenvalue weighted by molar-refractivity contribution is 6.10. The summed E-state index contributed by atoms with van der Waals surface area (Å²) in [4.78, 5) is 16.6. The number of amides is 1. The number of benzene rings is 2. The molecule has 170 valence electrons. The first-order valence-electron chi connectivity index (χ1n) is 10.8. The Morgan fingerprint density at radius 3 is 2.81 bits per heavy atom. The molecule has 2 aromatic carbocycles. The topological polar surface area (TPSA) is 69.2 Å². The molecule has 1 saturated heterocycles. The van der Waals surface area contributed by atoms with Crippen LogP contribution < -0.4 is 25.3 Å². The van der Waals surface area contributed by atoms with Crippen LogP contribution in [0.2, 0.25) is 0 Å². The predicted octanol–water partition coefficient (Wildman–Crippen LogP) is 3.13. The summed E-state index contributed by atoms with van der Waals surface area (Å²) in [6.45, 7) is 6.81. The number of carbonyl (C=O) groups excluding carboxylic acids is 1. The van der Waals surface area contributed by atoms with Crippen molar-refractivity contribution in [3.05, 3.63) is 42.2 Å². The first-order chi connectivity index (χ1) is 15.1. The van der Waals surface area contributed by atoms with Crippen LogP contribution in [0.1, 0.15) is 20.3 Å². The van der Waals surface area contributed by atoms with E-state index in [2.05, 4.69) is 27.7 Å². The Labute approximate surface area is 193 Å². The van der Waals surface area contributed by atoms with Gasteiger partial charge >= 0.3 is 0 Å². The Morgan fingerprint density at radius 2 is 2.03 bits per heavy atom. The summed E-state index contributed by atoms with van der Waals surface area (Å²) >= 11 is 0. The summed E-state index contributed by atoms with van der Waals surface area (Å²) < 4.78 is 20.9. The van der Waals surface area contributed by atoms with Crippen molar-refractivity contribution in [1.82, 2.24) is 10.7 Å². The average molecular weight is 460 g/mol. The van der Waals surface area contributed by atoms with Crippen molar-refractivity contribution in [2.24, 2.45) is 5.10 Å². The molecule has 3 aliphatic heterocycles. The van der Waals surface area contributed by atoms with Gasteiger partial charge in [0.25, 0.3) is 5.91 Å². The van der Waals surface area contributed by atoms with E-state index in [0.29, 0.717) is 17.1 Å². The van der Waals surface area contributed by atoms with Crippen LogP contribution in [0.4, 0.5) is 15.8 Å². The Morgan fingerprint density at radius 1 is 1.22 bits per heavy atom. The summed E-state index contributed by atoms with van der Waals surface area (Å²) in [6, 6.07) is 10.7. The third-order valence-electron chi connectivity index (χ3n) is 6.33. The maximum atomic E-state index is 14.9. The minimum atomic E-state index is -0.410. The molecule has 9 heteroatoms. The lowest BCUT2D eigenvalue weighted by Gasteiger charge is -2.42. The SMILES string of the molecule is CC[C@@H]1CNCCN1c1cc2c(cc1-c1ccccc1F)OCC1=NNC(=O)[C@@H](C)N12.Cl. The number of amidine groups is 1. The minimum Gasteiger partial charge on any atom is -0.483 e. The number of hydrogen-bond donors (Lipinski definition) is 2. The second kappa shape index (κ2) is 8.96. The Bertz CT molecular complexity index is 1060. The summed E-state index contributed by atoms with van der Waals surface area (Å²) in [5.41, 5.74) is 5.63. The summed E-state index contributed by atoms with van der Waals surface area (Å²) in [7, 11) is 0. The Hall–Kier alpha value is -2.84. The van der Waals surface area contributed by atoms with Gasteiger partial charge in [-0.2, -0.15) is 5.10 Å². The van der Waals surface area contributed by atoms with E-state index in [-0.39, 0.29) is 36.8 Å². The highest BCUT2D eigenvalue weighted by Gasteiger charge is 2.37. The smallest absolute Gasteiger partial charge is 0.262 e. The fraction of sp³-hybridized carbons (Fsp3) is 0.391. The predicted molar refractivity (Wildman–Crippen MR) is 126 cm³/mol. The molecule has 0 radical (unpaired) electrons. The Balaban J connectivity index is 0.00000245. The Kier molecular flexibility index (Phi) is 6.26. The highest BCUT2D eigenvalue weighted by atomic mass is 35.5. The molecule has 5 rings (SSSR count). The third-order valence-corrected chi connectivity index (χ3v) is 6.33. The van der Waals surface area contributed by atoms with Gasteiger partial charge in [-0.3, -0.25) is 4.79 Å². The van der Waals surface area contributed by atoms with Crippen molar-refractivity contribution >= 4 is 35.5 Å². The summed E-state index contributed by atoms with van der Waals surface area (Å²) in [5, 5.41) is 7.64. The molecule has 0 unspecified atom stereocenters. The number of halogens is 2. The fourth-order valence-corrected chi connectivity index (χ4v) is 4.64. The third kappa shape index (κ3) is 3.67. The monoisotopic (exact) mass is 459 g/mol. The van der Waals surface area contributed by atoms with E-state index in [1.807, 2.05) is 30.0 Å². The number of hydrazone groups is 1. The second-order valence-electron chi connectivity index (χ2n) is 8.12. The van der Waals surface area contributed by atoms with Crippen molar-refractivity contribution in [2.45, 2.75) is 32.4 Å². The molecule has 3 heterocycles. The molecule has 2 N–H and O–H groups in total. The highest BCUT2D eigenvalue weighted by Crippen LogP contribution is 2.45. The first-order valence-corrected chi connectivity index (χ1v) is 10.8. The minimum absolute atomic E-state index is 0. The van der Waals surface area contributed by atoms with Crippen LogP contribution in [-0.2, 0) is 4.79 Å². The lowest BCUT2D eigenvalue weighted by atomic mass is 9.97. The largest absolute Gasteiger partial charge is 0.483 e. The van der Waals surface area contributed by atoms with E-state index >= 15 is 0 Å². The summed E-state index contributed by atoms with van der Waals surface area (Å²) in [5.74, 6) is 0.864. The molecule has 2 aromatic rings. The molecule has 7 nitrogen and oxygen atoms in total. The maximum Gasteiger partial charge on any atom is 0.262 e. The van der Waals surface area contributed by atoms with Gasteiger partial charge in [0.1, 0.15) is 24.2 Å². The van der Waals surface area contributed by atoms with E-state index in [4.69, 9.17) is 4.74 Å². The van der Waals surface area contributed by atoms with Gasteiger partial charge in [0.15, 0.2) is 5.84 Å². The zero-order valence-corrected chi connectivity index (χ0v) is 18.9. The van der Waals surface area contributed by atoms with E-state index in [0.717, 1.165) is 43.0 Å². The molecule has 1 fully saturated rings. The van der Waals surface area contributed by atoms with Gasteiger partial charge in [0.05, 0.1) is 5.69 Å². The van der Waals surface area contributed by atoms with Crippen LogP contribution in [0.25, 0.3) is 11.1 Å². The zero-order chi connectivity index (χ0) is 21.5. The van der Waals surface area contributed by atoms with Crippen LogP contribution in [0.15, 0.2) is 41.5 Å². The van der Waals surface area contributed by atoms with Crippen LogP contribution in [-0.4, -0.2) is 50.1 Å². The fourth-order valence-electron chi connectivity index (χ4n) is 4.64. The number of anilines is 2. The molecule has 2 atom stereocenters. The molecule has 1 amide bonds. The molecular weight excluding hydrogens is 433 g/mol. The molecule has 0 aliphatic carbocycles. The lowest BCUT2D eigenvalue weighted by molar-refractivity contribution is -0.122. The van der Waals surface area contributed by atoms with Crippen LogP contribution >= 0.6 is 12.4 Å². The van der Waals surface area contributed by atoms with E-state index in [1.54, 1.807) is 12.1 Å². The van der Waals surface area contributed by atoms with Gasteiger partial charge in [-0.1, -0.05) is 25.1 Å². The number of hydrogen-bond acceptors (Lipinski definition) is 6. The molecule has 0 aromatic heterocycles. The number of rotatable bonds is 3. The average Bonchev–Trinajstić information content (AvgIpc) is 2.80. The van der Waals surface area contributed by atoms with Gasteiger partial charge < -0.3 is 19.9 Å². The van der Waals surface area contributed by atoms with Gasteiger partial charge in [0, 0.05) is 42.5 Å². The zero-order valence-electron chi connectivity index (χ0n) is 18.1. The number of piperazine rings is 1. The molecule has 0 spiro atoms. The molecule has 0 saturated carbocycles. The maximum absolute atomic E-state index is 14.9. The van der Waals surface area contributed by atoms with Crippen LogP contribution in [0.5, 0.6) is 5.75 Å². The lowest BCUT2D eigenvalue weighted by Crippen LogP contribution is -2.55. The van der Waals surface area contributed by atoms with Crippen molar-refractivity contribution < 1.29 is 13.9 Å². The standard InChI is InChI=1S/C23H26FN5O2.ClH/c1-3-15-12-25-8-9-28(15)19-11-20-21(10-17(19)16-6-4-5-7-18(16)24)31-13-22-26-27-23(30)14(2)29(20)22;/h4-7,10-11,14-15,25H,3,8-9,12-13H2,1-2H3,(H,27,30);1H/t14-,15-;/m1./s1. The van der Waals surface area contributed by atoms with Gasteiger partial charge in [0.2, 0.25) is 0 Å². The number of fused-ring (bicyclic) bond motifs is 3. The van der Waals surface area contributed by atoms with E-state index < -0.39 is 6.04 Å². The van der Waals surface area contributed by atoms with Crippen molar-refractivity contribution in [1.29, 1.82) is 0 Å². The van der Waals surface area contributed by atoms with Gasteiger partial charge in [-0.15, -0.1) is 12.4 Å². The molecule has 3 aliphatic rings. The quantitative estimate of drug-likeness (QED) is 0.738. The number of ether oxygens (including phenoxy) is 1. The molecule has 32 heavy (non-hydrogen) atoms. The number of nitrogens with one attached hydrogen (secondary N) is 2. The van der Waals surface area contributed by atoms with Crippen molar-refractivity contribution in [3.8, 4) is 16.9 Å². The van der Waals surface area contributed by atoms with Crippen LogP contribution in [0.3, 0.4) is 0 Å². The number of nitrogens with zero attached hydrogens (tertiary/aromatic N) is 3. The second-order valence-corrected chi connectivity index (χ2v) is 8.12.